The Hall–Kier alpha value is -1.48. The van der Waals surface area contributed by atoms with E-state index in [9.17, 15) is 0 Å². The first kappa shape index (κ1) is 14.5. The van der Waals surface area contributed by atoms with Crippen LogP contribution in [0, 0.1) is 12.8 Å². The van der Waals surface area contributed by atoms with Gasteiger partial charge in [0.2, 0.25) is 0 Å². The first-order valence-corrected chi connectivity index (χ1v) is 7.99. The van der Waals surface area contributed by atoms with Crippen LogP contribution in [0.2, 0.25) is 5.02 Å². The van der Waals surface area contributed by atoms with Crippen LogP contribution in [0.15, 0.2) is 30.6 Å². The highest BCUT2D eigenvalue weighted by atomic mass is 35.5. The van der Waals surface area contributed by atoms with Crippen LogP contribution in [0.25, 0.3) is 0 Å². The molecule has 0 bridgehead atoms. The van der Waals surface area contributed by atoms with E-state index in [2.05, 4.69) is 9.55 Å². The lowest BCUT2D eigenvalue weighted by Crippen LogP contribution is -2.08. The molecule has 0 radical (unpaired) electrons. The van der Waals surface area contributed by atoms with Gasteiger partial charge in [-0.15, -0.1) is 0 Å². The van der Waals surface area contributed by atoms with E-state index in [1.54, 1.807) is 0 Å². The molecule has 1 heterocycles. The Morgan fingerprint density at radius 3 is 2.81 bits per heavy atom. The van der Waals surface area contributed by atoms with E-state index in [4.69, 9.17) is 16.3 Å². The van der Waals surface area contributed by atoms with Gasteiger partial charge in [-0.2, -0.15) is 0 Å². The second-order valence-corrected chi connectivity index (χ2v) is 6.22. The fraction of sp³-hybridized carbons (Fsp3) is 0.471. The Bertz CT molecular complexity index is 603. The smallest absolute Gasteiger partial charge is 0.120 e. The summed E-state index contributed by atoms with van der Waals surface area (Å²) >= 11 is 6.38. The van der Waals surface area contributed by atoms with Crippen LogP contribution in [-0.4, -0.2) is 16.2 Å². The zero-order chi connectivity index (χ0) is 14.7. The number of hydrogen-bond donors (Lipinski definition) is 0. The molecule has 1 aliphatic carbocycles. The lowest BCUT2D eigenvalue weighted by molar-refractivity contribution is 0.252. The van der Waals surface area contributed by atoms with Gasteiger partial charge in [-0.1, -0.05) is 30.5 Å². The predicted molar refractivity (Wildman–Crippen MR) is 85.0 cm³/mol. The number of aromatic nitrogens is 2. The average Bonchev–Trinajstić information content (AvgIpc) is 3.12. The molecule has 2 aromatic rings. The number of ether oxygens (including phenoxy) is 1. The van der Waals surface area contributed by atoms with Crippen molar-refractivity contribution in [3.8, 4) is 5.75 Å². The molecule has 1 aliphatic rings. The molecule has 0 atom stereocenters. The van der Waals surface area contributed by atoms with Crippen molar-refractivity contribution in [3.05, 3.63) is 47.0 Å². The number of nitrogens with zero attached hydrogens (tertiary/aromatic N) is 2. The Morgan fingerprint density at radius 2 is 2.14 bits per heavy atom. The van der Waals surface area contributed by atoms with E-state index in [-0.39, 0.29) is 0 Å². The molecule has 1 saturated carbocycles. The fourth-order valence-corrected chi connectivity index (χ4v) is 3.12. The summed E-state index contributed by atoms with van der Waals surface area (Å²) in [6, 6.07) is 5.99. The largest absolute Gasteiger partial charge is 0.493 e. The van der Waals surface area contributed by atoms with Crippen molar-refractivity contribution in [2.45, 2.75) is 39.2 Å². The summed E-state index contributed by atoms with van der Waals surface area (Å²) in [6.45, 7) is 3.55. The van der Waals surface area contributed by atoms with Crippen molar-refractivity contribution in [2.24, 2.45) is 5.92 Å². The van der Waals surface area contributed by atoms with Crippen molar-refractivity contribution < 1.29 is 4.74 Å². The van der Waals surface area contributed by atoms with Gasteiger partial charge in [0.1, 0.15) is 11.6 Å². The standard InChI is InChI=1S/C17H21ClN2O/c1-13-19-8-9-20(13)11-15-6-7-16(10-17(15)18)21-12-14-4-2-3-5-14/h6-10,14H,2-5,11-12H2,1H3. The summed E-state index contributed by atoms with van der Waals surface area (Å²) in [5, 5.41) is 0.757. The molecule has 1 aromatic heterocycles. The maximum absolute atomic E-state index is 6.38. The van der Waals surface area contributed by atoms with Crippen molar-refractivity contribution in [1.29, 1.82) is 0 Å². The van der Waals surface area contributed by atoms with Gasteiger partial charge in [-0.05, 0) is 43.4 Å². The molecule has 112 valence electrons. The van der Waals surface area contributed by atoms with Crippen LogP contribution in [0.5, 0.6) is 5.75 Å². The van der Waals surface area contributed by atoms with Gasteiger partial charge in [0.05, 0.1) is 13.2 Å². The molecule has 0 spiro atoms. The highest BCUT2D eigenvalue weighted by Crippen LogP contribution is 2.27. The van der Waals surface area contributed by atoms with Gasteiger partial charge in [0.25, 0.3) is 0 Å². The van der Waals surface area contributed by atoms with Crippen LogP contribution >= 0.6 is 11.6 Å². The fourth-order valence-electron chi connectivity index (χ4n) is 2.89. The summed E-state index contributed by atoms with van der Waals surface area (Å²) in [4.78, 5) is 4.23. The zero-order valence-corrected chi connectivity index (χ0v) is 13.1. The molecule has 0 unspecified atom stereocenters. The lowest BCUT2D eigenvalue weighted by atomic mass is 10.1. The van der Waals surface area contributed by atoms with Crippen molar-refractivity contribution in [2.75, 3.05) is 6.61 Å². The Morgan fingerprint density at radius 1 is 1.33 bits per heavy atom. The second-order valence-electron chi connectivity index (χ2n) is 5.82. The summed E-state index contributed by atoms with van der Waals surface area (Å²) in [5.41, 5.74) is 1.09. The van der Waals surface area contributed by atoms with Gasteiger partial charge in [0.15, 0.2) is 0 Å². The summed E-state index contributed by atoms with van der Waals surface area (Å²) in [6.07, 6.45) is 9.06. The van der Waals surface area contributed by atoms with E-state index in [0.29, 0.717) is 0 Å². The second kappa shape index (κ2) is 6.52. The topological polar surface area (TPSA) is 27.1 Å². The minimum Gasteiger partial charge on any atom is -0.493 e. The van der Waals surface area contributed by atoms with E-state index >= 15 is 0 Å². The van der Waals surface area contributed by atoms with Crippen LogP contribution in [0.3, 0.4) is 0 Å². The van der Waals surface area contributed by atoms with Gasteiger partial charge >= 0.3 is 0 Å². The Labute approximate surface area is 130 Å². The highest BCUT2D eigenvalue weighted by Gasteiger charge is 2.15. The third-order valence-electron chi connectivity index (χ3n) is 4.25. The predicted octanol–water partition coefficient (Wildman–Crippen LogP) is 4.46. The molecule has 1 fully saturated rings. The monoisotopic (exact) mass is 304 g/mol. The van der Waals surface area contributed by atoms with Crippen LogP contribution in [0.4, 0.5) is 0 Å². The molecule has 0 aliphatic heterocycles. The summed E-state index contributed by atoms with van der Waals surface area (Å²) in [7, 11) is 0. The van der Waals surface area contributed by atoms with Crippen LogP contribution in [-0.2, 0) is 6.54 Å². The minimum absolute atomic E-state index is 0.719. The maximum Gasteiger partial charge on any atom is 0.120 e. The molecule has 0 saturated heterocycles. The van der Waals surface area contributed by atoms with Gasteiger partial charge in [-0.25, -0.2) is 4.98 Å². The summed E-state index contributed by atoms with van der Waals surface area (Å²) < 4.78 is 7.96. The maximum atomic E-state index is 6.38. The van der Waals surface area contributed by atoms with E-state index in [1.165, 1.54) is 25.7 Å². The van der Waals surface area contributed by atoms with Crippen molar-refractivity contribution in [3.63, 3.8) is 0 Å². The number of imidazole rings is 1. The van der Waals surface area contributed by atoms with Crippen LogP contribution < -0.4 is 4.74 Å². The normalized spacial score (nSPS) is 15.5. The summed E-state index contributed by atoms with van der Waals surface area (Å²) in [5.74, 6) is 2.59. The minimum atomic E-state index is 0.719. The zero-order valence-electron chi connectivity index (χ0n) is 12.4. The van der Waals surface area contributed by atoms with Crippen molar-refractivity contribution >= 4 is 11.6 Å². The molecule has 4 heteroatoms. The van der Waals surface area contributed by atoms with Gasteiger partial charge in [-0.3, -0.25) is 0 Å². The first-order chi connectivity index (χ1) is 10.2. The van der Waals surface area contributed by atoms with Gasteiger partial charge in [0, 0.05) is 17.4 Å². The molecule has 3 nitrogen and oxygen atoms in total. The number of halogens is 1. The Kier molecular flexibility index (Phi) is 4.49. The van der Waals surface area contributed by atoms with Crippen LogP contribution in [0.1, 0.15) is 37.1 Å². The molecule has 0 amide bonds. The quantitative estimate of drug-likeness (QED) is 0.815. The number of benzene rings is 1. The SMILES string of the molecule is Cc1nccn1Cc1ccc(OCC2CCCC2)cc1Cl. The van der Waals surface area contributed by atoms with E-state index in [1.807, 2.05) is 37.5 Å². The third kappa shape index (κ3) is 3.59. The first-order valence-electron chi connectivity index (χ1n) is 7.61. The average molecular weight is 305 g/mol. The number of hydrogen-bond acceptors (Lipinski definition) is 2. The molecule has 21 heavy (non-hydrogen) atoms. The molecular weight excluding hydrogens is 284 g/mol. The molecular formula is C17H21ClN2O. The third-order valence-corrected chi connectivity index (χ3v) is 4.60. The number of aryl methyl sites for hydroxylation is 1. The molecule has 0 N–H and O–H groups in total. The van der Waals surface area contributed by atoms with Crippen molar-refractivity contribution in [1.82, 2.24) is 9.55 Å². The molecule has 3 rings (SSSR count). The molecule has 1 aromatic carbocycles. The van der Waals surface area contributed by atoms with E-state index < -0.39 is 0 Å². The lowest BCUT2D eigenvalue weighted by Gasteiger charge is -2.13. The van der Waals surface area contributed by atoms with E-state index in [0.717, 1.165) is 41.2 Å². The number of rotatable bonds is 5. The Balaban J connectivity index is 1.63. The van der Waals surface area contributed by atoms with Gasteiger partial charge < -0.3 is 9.30 Å². The highest BCUT2D eigenvalue weighted by molar-refractivity contribution is 6.31.